The maximum absolute atomic E-state index is 5.45. The topological polar surface area (TPSA) is 56.3 Å². The second-order valence-corrected chi connectivity index (χ2v) is 6.84. The van der Waals surface area contributed by atoms with E-state index in [1.54, 1.807) is 18.0 Å². The molecule has 1 aliphatic heterocycles. The van der Waals surface area contributed by atoms with Gasteiger partial charge in [-0.15, -0.1) is 10.2 Å². The first-order chi connectivity index (χ1) is 11.3. The van der Waals surface area contributed by atoms with Crippen LogP contribution in [0, 0.1) is 5.92 Å². The van der Waals surface area contributed by atoms with Crippen molar-refractivity contribution in [3.8, 4) is 11.6 Å². The van der Waals surface area contributed by atoms with Crippen LogP contribution < -0.4 is 0 Å². The van der Waals surface area contributed by atoms with Crippen molar-refractivity contribution in [2.75, 3.05) is 38.6 Å². The molecular weight excluding hydrogens is 312 g/mol. The number of aromatic nitrogens is 3. The van der Waals surface area contributed by atoms with Gasteiger partial charge in [0.2, 0.25) is 0 Å². The minimum absolute atomic E-state index is 0.604. The molecule has 3 rings (SSSR count). The van der Waals surface area contributed by atoms with Gasteiger partial charge >= 0.3 is 0 Å². The van der Waals surface area contributed by atoms with Crippen LogP contribution in [0.1, 0.15) is 13.8 Å². The van der Waals surface area contributed by atoms with E-state index in [1.807, 2.05) is 12.1 Å². The summed E-state index contributed by atoms with van der Waals surface area (Å²) in [6.45, 7) is 10.2. The number of hydrogen-bond acceptors (Lipinski definition) is 6. The van der Waals surface area contributed by atoms with Crippen molar-refractivity contribution >= 4 is 11.8 Å². The monoisotopic (exact) mass is 336 g/mol. The van der Waals surface area contributed by atoms with Crippen LogP contribution in [0.25, 0.3) is 11.6 Å². The van der Waals surface area contributed by atoms with Gasteiger partial charge in [-0.2, -0.15) is 0 Å². The van der Waals surface area contributed by atoms with Gasteiger partial charge in [0.25, 0.3) is 0 Å². The van der Waals surface area contributed by atoms with Crippen LogP contribution in [-0.2, 0) is 11.3 Å². The summed E-state index contributed by atoms with van der Waals surface area (Å²) in [6.07, 6.45) is 1.67. The maximum atomic E-state index is 5.45. The molecule has 1 aliphatic rings. The fraction of sp³-hybridized carbons (Fsp3) is 0.625. The average molecular weight is 336 g/mol. The number of furan rings is 1. The van der Waals surface area contributed by atoms with Crippen LogP contribution in [0.5, 0.6) is 0 Å². The van der Waals surface area contributed by atoms with Crippen LogP contribution in [0.15, 0.2) is 28.0 Å². The van der Waals surface area contributed by atoms with Gasteiger partial charge in [-0.25, -0.2) is 0 Å². The third kappa shape index (κ3) is 4.16. The maximum Gasteiger partial charge on any atom is 0.200 e. The van der Waals surface area contributed by atoms with E-state index in [9.17, 15) is 0 Å². The van der Waals surface area contributed by atoms with Crippen molar-refractivity contribution in [2.24, 2.45) is 5.92 Å². The lowest BCUT2D eigenvalue weighted by Gasteiger charge is -2.28. The Hall–Kier alpha value is -1.31. The molecule has 7 heteroatoms. The minimum atomic E-state index is 0.604. The Balaban J connectivity index is 1.57. The quantitative estimate of drug-likeness (QED) is 0.725. The molecule has 126 valence electrons. The van der Waals surface area contributed by atoms with Gasteiger partial charge in [-0.1, -0.05) is 18.7 Å². The number of morpholine rings is 1. The third-order valence-electron chi connectivity index (χ3n) is 3.95. The highest BCUT2D eigenvalue weighted by Crippen LogP contribution is 2.25. The van der Waals surface area contributed by atoms with E-state index in [4.69, 9.17) is 9.15 Å². The van der Waals surface area contributed by atoms with Crippen molar-refractivity contribution in [2.45, 2.75) is 25.5 Å². The van der Waals surface area contributed by atoms with Gasteiger partial charge in [-0.3, -0.25) is 9.47 Å². The van der Waals surface area contributed by atoms with E-state index in [-0.39, 0.29) is 0 Å². The Morgan fingerprint density at radius 3 is 2.83 bits per heavy atom. The van der Waals surface area contributed by atoms with Gasteiger partial charge in [0.05, 0.1) is 19.5 Å². The summed E-state index contributed by atoms with van der Waals surface area (Å²) < 4.78 is 13.0. The Labute approximate surface area is 141 Å². The van der Waals surface area contributed by atoms with E-state index in [0.717, 1.165) is 61.9 Å². The zero-order valence-corrected chi connectivity index (χ0v) is 14.6. The third-order valence-corrected chi connectivity index (χ3v) is 5.24. The summed E-state index contributed by atoms with van der Waals surface area (Å²) in [4.78, 5) is 2.48. The van der Waals surface area contributed by atoms with Crippen molar-refractivity contribution in [1.82, 2.24) is 19.7 Å². The van der Waals surface area contributed by atoms with Crippen molar-refractivity contribution < 1.29 is 9.15 Å². The first-order valence-electron chi connectivity index (χ1n) is 8.18. The molecule has 23 heavy (non-hydrogen) atoms. The Kier molecular flexibility index (Phi) is 5.75. The molecule has 0 saturated carbocycles. The predicted octanol–water partition coefficient (Wildman–Crippen LogP) is 2.62. The van der Waals surface area contributed by atoms with Crippen LogP contribution >= 0.6 is 11.8 Å². The summed E-state index contributed by atoms with van der Waals surface area (Å²) in [5.74, 6) is 3.22. The van der Waals surface area contributed by atoms with E-state index < -0.39 is 0 Å². The second-order valence-electron chi connectivity index (χ2n) is 5.86. The summed E-state index contributed by atoms with van der Waals surface area (Å²) >= 11 is 1.78. The van der Waals surface area contributed by atoms with E-state index >= 15 is 0 Å². The van der Waals surface area contributed by atoms with Crippen molar-refractivity contribution in [3.63, 3.8) is 0 Å². The highest BCUT2D eigenvalue weighted by atomic mass is 32.2. The van der Waals surface area contributed by atoms with Crippen LogP contribution in [-0.4, -0.2) is 58.3 Å². The molecule has 0 amide bonds. The molecule has 1 unspecified atom stereocenters. The van der Waals surface area contributed by atoms with Gasteiger partial charge in [0.15, 0.2) is 16.7 Å². The second kappa shape index (κ2) is 7.99. The molecule has 6 nitrogen and oxygen atoms in total. The zero-order valence-electron chi connectivity index (χ0n) is 13.8. The molecule has 0 aromatic carbocycles. The molecule has 2 aromatic heterocycles. The number of nitrogens with zero attached hydrogens (tertiary/aromatic N) is 4. The van der Waals surface area contributed by atoms with Crippen molar-refractivity contribution in [3.05, 3.63) is 18.4 Å². The molecule has 0 N–H and O–H groups in total. The standard InChI is InChI=1S/C16H24N4O2S/c1-3-20-15(14-5-4-8-22-14)17-18-16(20)23-12-13(2)11-19-6-9-21-10-7-19/h4-5,8,13H,3,6-7,9-12H2,1-2H3. The molecule has 0 aliphatic carbocycles. The molecule has 3 heterocycles. The van der Waals surface area contributed by atoms with Gasteiger partial charge in [0, 0.05) is 31.9 Å². The predicted molar refractivity (Wildman–Crippen MR) is 90.5 cm³/mol. The van der Waals surface area contributed by atoms with Gasteiger partial charge < -0.3 is 9.15 Å². The molecule has 2 aromatic rings. The molecular formula is C16H24N4O2S. The number of ether oxygens (including phenoxy) is 1. The first kappa shape index (κ1) is 16.5. The smallest absolute Gasteiger partial charge is 0.200 e. The molecule has 0 bridgehead atoms. The fourth-order valence-electron chi connectivity index (χ4n) is 2.76. The molecule has 1 fully saturated rings. The average Bonchev–Trinajstić information content (AvgIpc) is 3.22. The van der Waals surface area contributed by atoms with E-state index in [1.165, 1.54) is 0 Å². The number of thioether (sulfide) groups is 1. The Morgan fingerprint density at radius 1 is 1.30 bits per heavy atom. The summed E-state index contributed by atoms with van der Waals surface area (Å²) in [7, 11) is 0. The Bertz CT molecular complexity index is 593. The van der Waals surface area contributed by atoms with Gasteiger partial charge in [0.1, 0.15) is 0 Å². The van der Waals surface area contributed by atoms with Crippen LogP contribution in [0.4, 0.5) is 0 Å². The van der Waals surface area contributed by atoms with Gasteiger partial charge in [-0.05, 0) is 25.0 Å². The van der Waals surface area contributed by atoms with Crippen LogP contribution in [0.3, 0.4) is 0 Å². The highest BCUT2D eigenvalue weighted by molar-refractivity contribution is 7.99. The Morgan fingerprint density at radius 2 is 2.13 bits per heavy atom. The summed E-state index contributed by atoms with van der Waals surface area (Å²) in [6, 6.07) is 3.80. The molecule has 1 saturated heterocycles. The number of hydrogen-bond donors (Lipinski definition) is 0. The highest BCUT2D eigenvalue weighted by Gasteiger charge is 2.18. The zero-order chi connectivity index (χ0) is 16.1. The number of rotatable bonds is 7. The largest absolute Gasteiger partial charge is 0.461 e. The molecule has 1 atom stereocenters. The van der Waals surface area contributed by atoms with E-state index in [2.05, 4.69) is 33.5 Å². The molecule has 0 radical (unpaired) electrons. The van der Waals surface area contributed by atoms with Crippen molar-refractivity contribution in [1.29, 1.82) is 0 Å². The normalized spacial score (nSPS) is 17.5. The first-order valence-corrected chi connectivity index (χ1v) is 9.16. The lowest BCUT2D eigenvalue weighted by Crippen LogP contribution is -2.39. The summed E-state index contributed by atoms with van der Waals surface area (Å²) in [5.41, 5.74) is 0. The minimum Gasteiger partial charge on any atom is -0.461 e. The molecule has 0 spiro atoms. The van der Waals surface area contributed by atoms with Crippen LogP contribution in [0.2, 0.25) is 0 Å². The summed E-state index contributed by atoms with van der Waals surface area (Å²) in [5, 5.41) is 9.60. The lowest BCUT2D eigenvalue weighted by molar-refractivity contribution is 0.0331. The fourth-order valence-corrected chi connectivity index (χ4v) is 3.77. The SMILES string of the molecule is CCn1c(SCC(C)CN2CCOCC2)nnc1-c1ccco1. The lowest BCUT2D eigenvalue weighted by atomic mass is 10.2. The van der Waals surface area contributed by atoms with E-state index in [0.29, 0.717) is 5.92 Å².